The molecule has 2 aliphatic rings. The summed E-state index contributed by atoms with van der Waals surface area (Å²) in [5, 5.41) is 0. The molecule has 3 heteroatoms. The smallest absolute Gasteiger partial charge is 0.0986 e. The molecule has 0 aromatic carbocycles. The van der Waals surface area contributed by atoms with Gasteiger partial charge in [-0.1, -0.05) is 0 Å². The molecule has 2 fully saturated rings. The molecule has 1 unspecified atom stereocenters. The largest absolute Gasteiger partial charge is 0.377 e. The van der Waals surface area contributed by atoms with E-state index in [0.29, 0.717) is 18.2 Å². The number of morpholine rings is 1. The Morgan fingerprint density at radius 3 is 2.92 bits per heavy atom. The molecule has 0 radical (unpaired) electrons. The minimum Gasteiger partial charge on any atom is -0.377 e. The van der Waals surface area contributed by atoms with Crippen molar-refractivity contribution in [2.75, 3.05) is 26.4 Å². The van der Waals surface area contributed by atoms with E-state index in [1.54, 1.807) is 0 Å². The van der Waals surface area contributed by atoms with Crippen molar-refractivity contribution in [1.82, 2.24) is 4.90 Å². The second-order valence-electron chi connectivity index (χ2n) is 3.85. The van der Waals surface area contributed by atoms with Gasteiger partial charge in [-0.3, -0.25) is 4.90 Å². The van der Waals surface area contributed by atoms with E-state index in [2.05, 4.69) is 18.7 Å². The zero-order valence-electron chi connectivity index (χ0n) is 7.82. The highest BCUT2D eigenvalue weighted by Gasteiger charge is 2.37. The van der Waals surface area contributed by atoms with E-state index in [-0.39, 0.29) is 0 Å². The molecule has 0 spiro atoms. The summed E-state index contributed by atoms with van der Waals surface area (Å²) in [4.78, 5) is 2.49. The first-order valence-corrected chi connectivity index (χ1v) is 4.74. The normalized spacial score (nSPS) is 37.2. The monoisotopic (exact) mass is 171 g/mol. The highest BCUT2D eigenvalue weighted by Crippen LogP contribution is 2.22. The minimum absolute atomic E-state index is 0.334. The average molecular weight is 171 g/mol. The first-order chi connectivity index (χ1) is 5.79. The highest BCUT2D eigenvalue weighted by molar-refractivity contribution is 4.89. The highest BCUT2D eigenvalue weighted by atomic mass is 16.6. The molecular weight excluding hydrogens is 154 g/mol. The molecule has 70 valence electrons. The van der Waals surface area contributed by atoms with Gasteiger partial charge in [-0.25, -0.2) is 0 Å². The second kappa shape index (κ2) is 3.32. The summed E-state index contributed by atoms with van der Waals surface area (Å²) < 4.78 is 11.0. The molecule has 0 N–H and O–H groups in total. The van der Waals surface area contributed by atoms with Gasteiger partial charge >= 0.3 is 0 Å². The Hall–Kier alpha value is -0.120. The molecule has 12 heavy (non-hydrogen) atoms. The Morgan fingerprint density at radius 2 is 2.17 bits per heavy atom. The molecule has 0 amide bonds. The fraction of sp³-hybridized carbons (Fsp3) is 1.00. The third-order valence-electron chi connectivity index (χ3n) is 2.77. The Kier molecular flexibility index (Phi) is 2.35. The molecule has 0 bridgehead atoms. The van der Waals surface area contributed by atoms with Crippen LogP contribution < -0.4 is 0 Å². The predicted molar refractivity (Wildman–Crippen MR) is 46.2 cm³/mol. The molecule has 0 aliphatic carbocycles. The van der Waals surface area contributed by atoms with E-state index in [1.807, 2.05) is 0 Å². The summed E-state index contributed by atoms with van der Waals surface area (Å²) in [6.07, 6.45) is 0.334. The van der Waals surface area contributed by atoms with Gasteiger partial charge in [-0.2, -0.15) is 0 Å². The van der Waals surface area contributed by atoms with Gasteiger partial charge in [0.15, 0.2) is 0 Å². The number of ether oxygens (including phenoxy) is 2. The van der Waals surface area contributed by atoms with Gasteiger partial charge in [0.05, 0.1) is 32.0 Å². The van der Waals surface area contributed by atoms with Crippen molar-refractivity contribution in [1.29, 1.82) is 0 Å². The SMILES string of the molecule is CC(C)N1CCO[C@H]2COCC21. The third kappa shape index (κ3) is 1.37. The van der Waals surface area contributed by atoms with Crippen LogP contribution in [0.15, 0.2) is 0 Å². The van der Waals surface area contributed by atoms with E-state index in [0.717, 1.165) is 26.4 Å². The van der Waals surface area contributed by atoms with Crippen LogP contribution in [0.1, 0.15) is 13.8 Å². The summed E-state index contributed by atoms with van der Waals surface area (Å²) in [5.74, 6) is 0. The van der Waals surface area contributed by atoms with Crippen molar-refractivity contribution in [3.63, 3.8) is 0 Å². The van der Waals surface area contributed by atoms with Crippen LogP contribution in [-0.2, 0) is 9.47 Å². The lowest BCUT2D eigenvalue weighted by atomic mass is 10.1. The Bertz CT molecular complexity index is 161. The van der Waals surface area contributed by atoms with E-state index >= 15 is 0 Å². The predicted octanol–water partition coefficient (Wildman–Crippen LogP) is 0.494. The topological polar surface area (TPSA) is 21.7 Å². The fourth-order valence-corrected chi connectivity index (χ4v) is 2.11. The van der Waals surface area contributed by atoms with Gasteiger partial charge in [0.25, 0.3) is 0 Å². The lowest BCUT2D eigenvalue weighted by molar-refractivity contribution is -0.0588. The summed E-state index contributed by atoms with van der Waals surface area (Å²) in [6, 6.07) is 1.13. The first kappa shape index (κ1) is 8.48. The lowest BCUT2D eigenvalue weighted by Gasteiger charge is -2.38. The maximum atomic E-state index is 5.62. The van der Waals surface area contributed by atoms with Gasteiger partial charge in [0.1, 0.15) is 0 Å². The van der Waals surface area contributed by atoms with Crippen molar-refractivity contribution in [2.45, 2.75) is 32.0 Å². The van der Waals surface area contributed by atoms with Crippen LogP contribution in [0.2, 0.25) is 0 Å². The number of hydrogen-bond acceptors (Lipinski definition) is 3. The number of rotatable bonds is 1. The van der Waals surface area contributed by atoms with Crippen molar-refractivity contribution < 1.29 is 9.47 Å². The first-order valence-electron chi connectivity index (χ1n) is 4.74. The van der Waals surface area contributed by atoms with Crippen molar-refractivity contribution >= 4 is 0 Å². The zero-order chi connectivity index (χ0) is 8.55. The number of hydrogen-bond donors (Lipinski definition) is 0. The maximum absolute atomic E-state index is 5.62. The number of fused-ring (bicyclic) bond motifs is 1. The third-order valence-corrected chi connectivity index (χ3v) is 2.77. The van der Waals surface area contributed by atoms with Crippen molar-refractivity contribution in [2.24, 2.45) is 0 Å². The van der Waals surface area contributed by atoms with Gasteiger partial charge in [-0.05, 0) is 13.8 Å². The Balaban J connectivity index is 2.03. The van der Waals surface area contributed by atoms with E-state index in [1.165, 1.54) is 0 Å². The van der Waals surface area contributed by atoms with E-state index in [4.69, 9.17) is 9.47 Å². The molecule has 0 saturated carbocycles. The van der Waals surface area contributed by atoms with Gasteiger partial charge in [0.2, 0.25) is 0 Å². The van der Waals surface area contributed by atoms with Crippen LogP contribution >= 0.6 is 0 Å². The molecule has 2 aliphatic heterocycles. The van der Waals surface area contributed by atoms with E-state index < -0.39 is 0 Å². The van der Waals surface area contributed by atoms with Crippen molar-refractivity contribution in [3.8, 4) is 0 Å². The standard InChI is InChI=1S/C9H17NO2/c1-7(2)10-3-4-12-9-6-11-5-8(9)10/h7-9H,3-6H2,1-2H3/t8?,9-/m0/s1. The van der Waals surface area contributed by atoms with Crippen LogP contribution in [0.4, 0.5) is 0 Å². The van der Waals surface area contributed by atoms with Gasteiger partial charge in [0, 0.05) is 12.6 Å². The van der Waals surface area contributed by atoms with Crippen LogP contribution in [0, 0.1) is 0 Å². The van der Waals surface area contributed by atoms with Crippen LogP contribution in [0.3, 0.4) is 0 Å². The minimum atomic E-state index is 0.334. The Morgan fingerprint density at radius 1 is 1.33 bits per heavy atom. The number of nitrogens with zero attached hydrogens (tertiary/aromatic N) is 1. The lowest BCUT2D eigenvalue weighted by Crippen LogP contribution is -2.53. The van der Waals surface area contributed by atoms with Gasteiger partial charge in [-0.15, -0.1) is 0 Å². The van der Waals surface area contributed by atoms with E-state index in [9.17, 15) is 0 Å². The molecule has 0 aromatic rings. The summed E-state index contributed by atoms with van der Waals surface area (Å²) >= 11 is 0. The van der Waals surface area contributed by atoms with Crippen LogP contribution in [-0.4, -0.2) is 49.5 Å². The Labute approximate surface area is 73.6 Å². The molecule has 2 rings (SSSR count). The van der Waals surface area contributed by atoms with Crippen LogP contribution in [0.25, 0.3) is 0 Å². The summed E-state index contributed by atoms with van der Waals surface area (Å²) in [6.45, 7) is 8.03. The molecule has 2 heterocycles. The molecular formula is C9H17NO2. The van der Waals surface area contributed by atoms with Crippen LogP contribution in [0.5, 0.6) is 0 Å². The summed E-state index contributed by atoms with van der Waals surface area (Å²) in [5.41, 5.74) is 0. The van der Waals surface area contributed by atoms with Crippen molar-refractivity contribution in [3.05, 3.63) is 0 Å². The zero-order valence-corrected chi connectivity index (χ0v) is 7.82. The molecule has 2 atom stereocenters. The van der Waals surface area contributed by atoms with Gasteiger partial charge < -0.3 is 9.47 Å². The average Bonchev–Trinajstić information content (AvgIpc) is 2.49. The molecule has 0 aromatic heterocycles. The second-order valence-corrected chi connectivity index (χ2v) is 3.85. The molecule has 3 nitrogen and oxygen atoms in total. The summed E-state index contributed by atoms with van der Waals surface area (Å²) in [7, 11) is 0. The maximum Gasteiger partial charge on any atom is 0.0986 e. The quantitative estimate of drug-likeness (QED) is 0.573. The fourth-order valence-electron chi connectivity index (χ4n) is 2.11. The molecule has 2 saturated heterocycles.